The van der Waals surface area contributed by atoms with Crippen molar-refractivity contribution in [2.45, 2.75) is 5.41 Å². The Morgan fingerprint density at radius 1 is 0.400 bits per heavy atom. The van der Waals surface area contributed by atoms with E-state index < -0.39 is 5.41 Å². The first kappa shape index (κ1) is 37.9. The molecule has 0 saturated heterocycles. The SMILES string of the molecule is N#Cc1ccc2c(c1)c1cc(-c3ccc4c(c3)C(c3ccccc3)(c3ccccc3)c3cc(-c5cc(-c6ccccc6)nc(-c6ccccc6)c5)ccc3O4)ccc1n2-c1ccccc1. The number of nitriles is 1. The van der Waals surface area contributed by atoms with Crippen molar-refractivity contribution in [1.82, 2.24) is 9.55 Å². The molecule has 4 nitrogen and oxygen atoms in total. The van der Waals surface area contributed by atoms with Crippen molar-refractivity contribution >= 4 is 21.8 Å². The van der Waals surface area contributed by atoms with E-state index in [1.54, 1.807) is 0 Å². The number of hydrogen-bond donors (Lipinski definition) is 0. The normalized spacial score (nSPS) is 12.5. The third kappa shape index (κ3) is 6.33. The van der Waals surface area contributed by atoms with Crippen molar-refractivity contribution in [3.05, 3.63) is 264 Å². The average molecular weight is 830 g/mol. The van der Waals surface area contributed by atoms with Gasteiger partial charge in [0.05, 0.1) is 39.5 Å². The van der Waals surface area contributed by atoms with Crippen molar-refractivity contribution in [3.63, 3.8) is 0 Å². The van der Waals surface area contributed by atoms with Crippen LogP contribution in [-0.2, 0) is 5.41 Å². The fourth-order valence-electron chi connectivity index (χ4n) is 9.95. The summed E-state index contributed by atoms with van der Waals surface area (Å²) in [7, 11) is 0. The van der Waals surface area contributed by atoms with Crippen LogP contribution in [0.25, 0.3) is 72.3 Å². The average Bonchev–Trinajstić information content (AvgIpc) is 3.71. The Kier molecular flexibility index (Phi) is 9.07. The van der Waals surface area contributed by atoms with Gasteiger partial charge in [0.25, 0.3) is 0 Å². The maximum absolute atomic E-state index is 9.97. The molecule has 0 bridgehead atoms. The minimum Gasteiger partial charge on any atom is -0.457 e. The van der Waals surface area contributed by atoms with Crippen LogP contribution in [0.15, 0.2) is 237 Å². The maximum atomic E-state index is 9.97. The third-order valence-corrected chi connectivity index (χ3v) is 12.9. The van der Waals surface area contributed by atoms with Gasteiger partial charge in [-0.2, -0.15) is 5.26 Å². The van der Waals surface area contributed by atoms with E-state index in [9.17, 15) is 5.26 Å². The monoisotopic (exact) mass is 829 g/mol. The molecule has 0 atom stereocenters. The van der Waals surface area contributed by atoms with E-state index in [4.69, 9.17) is 9.72 Å². The Morgan fingerprint density at radius 3 is 1.38 bits per heavy atom. The molecule has 0 spiro atoms. The van der Waals surface area contributed by atoms with Gasteiger partial charge in [-0.1, -0.05) is 158 Å². The summed E-state index contributed by atoms with van der Waals surface area (Å²) < 4.78 is 9.29. The number of rotatable bonds is 7. The van der Waals surface area contributed by atoms with Gasteiger partial charge >= 0.3 is 0 Å². The Bertz CT molecular complexity index is 3520. The highest BCUT2D eigenvalue weighted by molar-refractivity contribution is 6.11. The van der Waals surface area contributed by atoms with Crippen molar-refractivity contribution in [2.75, 3.05) is 0 Å². The van der Waals surface area contributed by atoms with Crippen molar-refractivity contribution < 1.29 is 4.74 Å². The van der Waals surface area contributed by atoms with E-state index in [2.05, 4.69) is 217 Å². The van der Waals surface area contributed by atoms with Crippen LogP contribution in [0.2, 0.25) is 0 Å². The van der Waals surface area contributed by atoms with Gasteiger partial charge in [-0.25, -0.2) is 4.98 Å². The van der Waals surface area contributed by atoms with E-state index in [0.717, 1.165) is 106 Å². The molecule has 0 N–H and O–H groups in total. The molecule has 4 heteroatoms. The van der Waals surface area contributed by atoms with Gasteiger partial charge in [-0.3, -0.25) is 0 Å². The quantitative estimate of drug-likeness (QED) is 0.161. The summed E-state index contributed by atoms with van der Waals surface area (Å²) in [4.78, 5) is 5.20. The standard InChI is InChI=1S/C61H39N3O/c62-40-41-26-30-57-51(34-41)52-35-44(27-31-58(52)64(57)50-24-14-5-15-25-50)45-28-32-59-53(36-45)61(48-20-10-3-11-21-48,49-22-12-4-13-23-49)54-37-46(29-33-60(54)65-59)47-38-55(42-16-6-1-7-17-42)63-56(39-47)43-18-8-2-9-19-43/h1-39H. The summed E-state index contributed by atoms with van der Waals surface area (Å²) >= 11 is 0. The molecular formula is C61H39N3O. The first-order valence-electron chi connectivity index (χ1n) is 21.9. The van der Waals surface area contributed by atoms with Crippen LogP contribution in [0.1, 0.15) is 27.8 Å². The van der Waals surface area contributed by atoms with E-state index in [-0.39, 0.29) is 0 Å². The lowest BCUT2D eigenvalue weighted by Crippen LogP contribution is -2.34. The maximum Gasteiger partial charge on any atom is 0.132 e. The van der Waals surface area contributed by atoms with Crippen LogP contribution >= 0.6 is 0 Å². The van der Waals surface area contributed by atoms with E-state index in [1.165, 1.54) is 0 Å². The second-order valence-corrected chi connectivity index (χ2v) is 16.6. The molecule has 0 saturated carbocycles. The molecule has 65 heavy (non-hydrogen) atoms. The number of pyridine rings is 1. The van der Waals surface area contributed by atoms with E-state index >= 15 is 0 Å². The van der Waals surface area contributed by atoms with Crippen molar-refractivity contribution in [2.24, 2.45) is 0 Å². The number of nitrogens with zero attached hydrogens (tertiary/aromatic N) is 3. The molecule has 11 aromatic rings. The molecule has 1 aliphatic rings. The molecule has 1 aliphatic heterocycles. The van der Waals surface area contributed by atoms with Crippen LogP contribution < -0.4 is 4.74 Å². The highest BCUT2D eigenvalue weighted by Gasteiger charge is 2.45. The molecular weight excluding hydrogens is 791 g/mol. The van der Waals surface area contributed by atoms with Crippen LogP contribution in [0.3, 0.4) is 0 Å². The summed E-state index contributed by atoms with van der Waals surface area (Å²) in [5.41, 5.74) is 15.7. The van der Waals surface area contributed by atoms with Crippen LogP contribution in [0, 0.1) is 11.3 Å². The van der Waals surface area contributed by atoms with Gasteiger partial charge in [0.15, 0.2) is 0 Å². The van der Waals surface area contributed by atoms with Gasteiger partial charge in [0.1, 0.15) is 11.5 Å². The van der Waals surface area contributed by atoms with Crippen LogP contribution in [-0.4, -0.2) is 9.55 Å². The summed E-state index contributed by atoms with van der Waals surface area (Å²) in [6.45, 7) is 0. The first-order valence-corrected chi connectivity index (χ1v) is 21.9. The molecule has 0 aliphatic carbocycles. The zero-order valence-corrected chi connectivity index (χ0v) is 35.3. The van der Waals surface area contributed by atoms with E-state index in [0.29, 0.717) is 5.56 Å². The number of hydrogen-bond acceptors (Lipinski definition) is 3. The predicted molar refractivity (Wildman–Crippen MR) is 263 cm³/mol. The summed E-state index contributed by atoms with van der Waals surface area (Å²) in [5, 5.41) is 12.1. The zero-order chi connectivity index (χ0) is 43.3. The lowest BCUT2D eigenvalue weighted by molar-refractivity contribution is 0.435. The van der Waals surface area contributed by atoms with Crippen molar-refractivity contribution in [3.8, 4) is 68.0 Å². The molecule has 0 amide bonds. The minimum absolute atomic E-state index is 0.633. The summed E-state index contributed by atoms with van der Waals surface area (Å²) in [6, 6.07) is 85.7. The third-order valence-electron chi connectivity index (χ3n) is 12.9. The summed E-state index contributed by atoms with van der Waals surface area (Å²) in [5.74, 6) is 1.62. The fourth-order valence-corrected chi connectivity index (χ4v) is 9.95. The minimum atomic E-state index is -0.760. The lowest BCUT2D eigenvalue weighted by Gasteiger charge is -2.42. The molecule has 9 aromatic carbocycles. The van der Waals surface area contributed by atoms with Crippen LogP contribution in [0.5, 0.6) is 11.5 Å². The van der Waals surface area contributed by atoms with Crippen molar-refractivity contribution in [1.29, 1.82) is 5.26 Å². The topological polar surface area (TPSA) is 50.8 Å². The number of fused-ring (bicyclic) bond motifs is 5. The Labute approximate surface area is 377 Å². The second-order valence-electron chi connectivity index (χ2n) is 16.6. The summed E-state index contributed by atoms with van der Waals surface area (Å²) in [6.07, 6.45) is 0. The number of benzene rings is 9. The lowest BCUT2D eigenvalue weighted by atomic mass is 9.63. The van der Waals surface area contributed by atoms with E-state index in [1.807, 2.05) is 30.3 Å². The number of aromatic nitrogens is 2. The molecule has 3 heterocycles. The predicted octanol–water partition coefficient (Wildman–Crippen LogP) is 15.2. The molecule has 2 aromatic heterocycles. The highest BCUT2D eigenvalue weighted by Crippen LogP contribution is 2.57. The van der Waals surface area contributed by atoms with Gasteiger partial charge in [-0.15, -0.1) is 0 Å². The smallest absolute Gasteiger partial charge is 0.132 e. The van der Waals surface area contributed by atoms with Gasteiger partial charge in [0, 0.05) is 38.7 Å². The number of para-hydroxylation sites is 1. The highest BCUT2D eigenvalue weighted by atomic mass is 16.5. The first-order chi connectivity index (χ1) is 32.2. The molecule has 304 valence electrons. The Balaban J connectivity index is 1.09. The molecule has 0 fully saturated rings. The molecule has 12 rings (SSSR count). The largest absolute Gasteiger partial charge is 0.457 e. The van der Waals surface area contributed by atoms with Gasteiger partial charge in [-0.05, 0) is 112 Å². The molecule has 0 unspecified atom stereocenters. The van der Waals surface area contributed by atoms with Crippen LogP contribution in [0.4, 0.5) is 0 Å². The Morgan fingerprint density at radius 2 is 0.846 bits per heavy atom. The van der Waals surface area contributed by atoms with Gasteiger partial charge in [0.2, 0.25) is 0 Å². The Hall–Kier alpha value is -8.78. The fraction of sp³-hybridized carbons (Fsp3) is 0.0164. The zero-order valence-electron chi connectivity index (χ0n) is 35.3. The molecule has 0 radical (unpaired) electrons. The second kappa shape index (κ2) is 15.5. The van der Waals surface area contributed by atoms with Gasteiger partial charge < -0.3 is 9.30 Å². The number of ether oxygens (including phenoxy) is 1.